The highest BCUT2D eigenvalue weighted by Crippen LogP contribution is 2.27. The molecule has 0 radical (unpaired) electrons. The summed E-state index contributed by atoms with van der Waals surface area (Å²) in [5.41, 5.74) is 3.16. The standard InChI is InChI=1S/C18H19N5OS/c1-11(2)8-17-19-15(22-24-17)10-25-18-21-20-16-9-12(3)13-6-4-5-7-14(13)23(16)18/h4-7,9,11H,8,10H2,1-3H3. The van der Waals surface area contributed by atoms with E-state index < -0.39 is 0 Å². The van der Waals surface area contributed by atoms with Gasteiger partial charge in [0.05, 0.1) is 11.3 Å². The molecule has 0 aliphatic heterocycles. The molecule has 0 atom stereocenters. The quantitative estimate of drug-likeness (QED) is 0.504. The van der Waals surface area contributed by atoms with Crippen LogP contribution in [0.25, 0.3) is 16.6 Å². The molecule has 3 heterocycles. The van der Waals surface area contributed by atoms with Gasteiger partial charge in [0, 0.05) is 11.8 Å². The molecule has 1 aromatic carbocycles. The zero-order chi connectivity index (χ0) is 17.4. The Morgan fingerprint density at radius 2 is 2.04 bits per heavy atom. The first kappa shape index (κ1) is 16.1. The Balaban J connectivity index is 1.64. The summed E-state index contributed by atoms with van der Waals surface area (Å²) in [7, 11) is 0. The van der Waals surface area contributed by atoms with E-state index >= 15 is 0 Å². The van der Waals surface area contributed by atoms with Crippen LogP contribution in [0.15, 0.2) is 40.0 Å². The lowest BCUT2D eigenvalue weighted by atomic mass is 10.1. The number of para-hydroxylation sites is 1. The summed E-state index contributed by atoms with van der Waals surface area (Å²) in [5, 5.41) is 14.8. The van der Waals surface area contributed by atoms with Crippen molar-refractivity contribution in [3.8, 4) is 0 Å². The van der Waals surface area contributed by atoms with Gasteiger partial charge >= 0.3 is 0 Å². The van der Waals surface area contributed by atoms with E-state index in [4.69, 9.17) is 4.52 Å². The lowest BCUT2D eigenvalue weighted by Gasteiger charge is -2.06. The Morgan fingerprint density at radius 3 is 2.88 bits per heavy atom. The van der Waals surface area contributed by atoms with Gasteiger partial charge in [0.15, 0.2) is 16.6 Å². The Labute approximate surface area is 149 Å². The van der Waals surface area contributed by atoms with Crippen molar-refractivity contribution in [2.24, 2.45) is 5.92 Å². The van der Waals surface area contributed by atoms with Gasteiger partial charge in [-0.15, -0.1) is 10.2 Å². The third-order valence-electron chi connectivity index (χ3n) is 4.00. The Morgan fingerprint density at radius 1 is 1.20 bits per heavy atom. The Kier molecular flexibility index (Phi) is 4.17. The first-order valence-corrected chi connectivity index (χ1v) is 9.28. The van der Waals surface area contributed by atoms with Crippen molar-refractivity contribution in [2.45, 2.75) is 38.1 Å². The molecule has 4 rings (SSSR count). The Hall–Kier alpha value is -2.41. The van der Waals surface area contributed by atoms with Crippen molar-refractivity contribution in [1.82, 2.24) is 24.7 Å². The van der Waals surface area contributed by atoms with Crippen LogP contribution in [0.2, 0.25) is 0 Å². The first-order chi connectivity index (χ1) is 12.1. The van der Waals surface area contributed by atoms with Gasteiger partial charge in [-0.2, -0.15) is 4.98 Å². The van der Waals surface area contributed by atoms with Crippen LogP contribution in [0.5, 0.6) is 0 Å². The summed E-state index contributed by atoms with van der Waals surface area (Å²) in [6, 6.07) is 10.4. The van der Waals surface area contributed by atoms with E-state index in [1.165, 1.54) is 10.9 Å². The molecule has 0 fully saturated rings. The van der Waals surface area contributed by atoms with Crippen LogP contribution in [0.1, 0.15) is 31.1 Å². The number of hydrogen-bond acceptors (Lipinski definition) is 6. The fourth-order valence-electron chi connectivity index (χ4n) is 2.88. The van der Waals surface area contributed by atoms with Gasteiger partial charge in [-0.3, -0.25) is 4.40 Å². The number of aryl methyl sites for hydroxylation is 1. The maximum Gasteiger partial charge on any atom is 0.226 e. The predicted octanol–water partition coefficient (Wildman–Crippen LogP) is 4.06. The third kappa shape index (κ3) is 3.11. The second-order valence-electron chi connectivity index (χ2n) is 6.51. The minimum atomic E-state index is 0.496. The van der Waals surface area contributed by atoms with Crippen LogP contribution in [0.3, 0.4) is 0 Å². The van der Waals surface area contributed by atoms with E-state index in [1.54, 1.807) is 11.8 Å². The lowest BCUT2D eigenvalue weighted by molar-refractivity contribution is 0.360. The van der Waals surface area contributed by atoms with Gasteiger partial charge in [0.25, 0.3) is 0 Å². The molecule has 0 N–H and O–H groups in total. The van der Waals surface area contributed by atoms with Gasteiger partial charge in [-0.25, -0.2) is 0 Å². The second-order valence-corrected chi connectivity index (χ2v) is 7.45. The van der Waals surface area contributed by atoms with Crippen molar-refractivity contribution >= 4 is 28.3 Å². The molecule has 0 saturated heterocycles. The molecule has 3 aromatic heterocycles. The maximum absolute atomic E-state index is 5.30. The monoisotopic (exact) mass is 353 g/mol. The van der Waals surface area contributed by atoms with E-state index in [2.05, 4.69) is 63.7 Å². The summed E-state index contributed by atoms with van der Waals surface area (Å²) >= 11 is 1.57. The predicted molar refractivity (Wildman–Crippen MR) is 97.6 cm³/mol. The molecule has 0 bridgehead atoms. The van der Waals surface area contributed by atoms with Gasteiger partial charge in [0.2, 0.25) is 5.89 Å². The van der Waals surface area contributed by atoms with Gasteiger partial charge in [0.1, 0.15) is 0 Å². The minimum Gasteiger partial charge on any atom is -0.339 e. The maximum atomic E-state index is 5.30. The zero-order valence-corrected chi connectivity index (χ0v) is 15.2. The molecule has 0 spiro atoms. The minimum absolute atomic E-state index is 0.496. The molecule has 6 nitrogen and oxygen atoms in total. The van der Waals surface area contributed by atoms with Crippen LogP contribution in [-0.2, 0) is 12.2 Å². The van der Waals surface area contributed by atoms with Crippen LogP contribution in [0.4, 0.5) is 0 Å². The lowest BCUT2D eigenvalue weighted by Crippen LogP contribution is -1.95. The fourth-order valence-corrected chi connectivity index (χ4v) is 3.67. The van der Waals surface area contributed by atoms with Crippen LogP contribution >= 0.6 is 11.8 Å². The molecular formula is C18H19N5OS. The van der Waals surface area contributed by atoms with E-state index in [-0.39, 0.29) is 0 Å². The summed E-state index contributed by atoms with van der Waals surface area (Å²) < 4.78 is 7.39. The highest BCUT2D eigenvalue weighted by atomic mass is 32.2. The van der Waals surface area contributed by atoms with E-state index in [1.807, 2.05) is 12.1 Å². The van der Waals surface area contributed by atoms with Crippen molar-refractivity contribution in [1.29, 1.82) is 0 Å². The first-order valence-electron chi connectivity index (χ1n) is 8.29. The fraction of sp³-hybridized carbons (Fsp3) is 0.333. The highest BCUT2D eigenvalue weighted by molar-refractivity contribution is 7.98. The number of rotatable bonds is 5. The van der Waals surface area contributed by atoms with Crippen molar-refractivity contribution in [3.05, 3.63) is 47.6 Å². The molecule has 128 valence electrons. The molecule has 0 unspecified atom stereocenters. The molecule has 0 amide bonds. The van der Waals surface area contributed by atoms with Crippen LogP contribution in [0, 0.1) is 12.8 Å². The van der Waals surface area contributed by atoms with Crippen LogP contribution < -0.4 is 0 Å². The van der Waals surface area contributed by atoms with E-state index in [9.17, 15) is 0 Å². The topological polar surface area (TPSA) is 69.1 Å². The molecule has 0 aliphatic carbocycles. The SMILES string of the molecule is Cc1cc2nnc(SCc3noc(CC(C)C)n3)n2c2ccccc12. The van der Waals surface area contributed by atoms with Gasteiger partial charge in [-0.05, 0) is 30.5 Å². The van der Waals surface area contributed by atoms with E-state index in [0.717, 1.165) is 22.7 Å². The molecule has 25 heavy (non-hydrogen) atoms. The normalized spacial score (nSPS) is 11.8. The number of nitrogens with zero attached hydrogens (tertiary/aromatic N) is 5. The van der Waals surface area contributed by atoms with Crippen LogP contribution in [-0.4, -0.2) is 24.7 Å². The van der Waals surface area contributed by atoms with E-state index in [0.29, 0.717) is 23.4 Å². The molecule has 0 saturated carbocycles. The molecule has 0 aliphatic rings. The summed E-state index contributed by atoms with van der Waals surface area (Å²) in [4.78, 5) is 4.45. The molecular weight excluding hydrogens is 334 g/mol. The van der Waals surface area contributed by atoms with Crippen molar-refractivity contribution in [3.63, 3.8) is 0 Å². The van der Waals surface area contributed by atoms with Gasteiger partial charge < -0.3 is 4.52 Å². The second kappa shape index (κ2) is 6.48. The number of aromatic nitrogens is 5. The average molecular weight is 353 g/mol. The number of thioether (sulfide) groups is 1. The summed E-state index contributed by atoms with van der Waals surface area (Å²) in [5.74, 6) is 2.48. The third-order valence-corrected chi connectivity index (χ3v) is 4.92. The number of fused-ring (bicyclic) bond motifs is 3. The largest absolute Gasteiger partial charge is 0.339 e. The summed E-state index contributed by atoms with van der Waals surface area (Å²) in [6.45, 7) is 6.36. The number of hydrogen-bond donors (Lipinski definition) is 0. The van der Waals surface area contributed by atoms with Crippen molar-refractivity contribution < 1.29 is 4.52 Å². The molecule has 7 heteroatoms. The molecule has 4 aromatic rings. The summed E-state index contributed by atoms with van der Waals surface area (Å²) in [6.07, 6.45) is 0.801. The zero-order valence-electron chi connectivity index (χ0n) is 14.4. The highest BCUT2D eigenvalue weighted by Gasteiger charge is 2.14. The number of benzene rings is 1. The smallest absolute Gasteiger partial charge is 0.226 e. The number of pyridine rings is 1. The average Bonchev–Trinajstić information content (AvgIpc) is 3.19. The Bertz CT molecular complexity index is 1040. The van der Waals surface area contributed by atoms with Crippen molar-refractivity contribution in [2.75, 3.05) is 0 Å². The van der Waals surface area contributed by atoms with Gasteiger partial charge in [-0.1, -0.05) is 49.0 Å².